The molecule has 0 saturated carbocycles. The van der Waals surface area contributed by atoms with Crippen molar-refractivity contribution in [2.75, 3.05) is 50.7 Å². The summed E-state index contributed by atoms with van der Waals surface area (Å²) in [6.45, 7) is 10.9. The third-order valence-corrected chi connectivity index (χ3v) is 5.76. The van der Waals surface area contributed by atoms with Crippen LogP contribution in [0.25, 0.3) is 0 Å². The molecule has 1 aromatic rings. The Hall–Kier alpha value is -1.92. The van der Waals surface area contributed by atoms with Crippen molar-refractivity contribution >= 4 is 17.5 Å². The first-order valence-electron chi connectivity index (χ1n) is 10.2. The number of likely N-dealkylation sites (N-methyl/N-ethyl adjacent to an activating group) is 1. The Morgan fingerprint density at radius 1 is 1.11 bits per heavy atom. The maximum atomic E-state index is 12.7. The Morgan fingerprint density at radius 3 is 2.56 bits per heavy atom. The van der Waals surface area contributed by atoms with Crippen LogP contribution in [0.5, 0.6) is 0 Å². The molecular formula is C21H32N4O2. The average molecular weight is 373 g/mol. The Kier molecular flexibility index (Phi) is 6.85. The molecule has 0 aromatic heterocycles. The minimum atomic E-state index is -0.492. The van der Waals surface area contributed by atoms with E-state index < -0.39 is 6.04 Å². The number of fused-ring (bicyclic) bond motifs is 1. The lowest BCUT2D eigenvalue weighted by Gasteiger charge is -2.34. The molecule has 2 amide bonds. The molecule has 1 atom stereocenters. The standard InChI is InChI=1S/C21H32N4O2/c1-3-23-13-15-24(16-14-23)12-11-22-21(27)17(2)25-19-9-5-4-7-18(19)8-6-10-20(25)26/h4-5,7,9,17H,3,6,8,10-16H2,1-2H3,(H,22,27). The van der Waals surface area contributed by atoms with Crippen molar-refractivity contribution in [2.45, 2.75) is 39.2 Å². The summed E-state index contributed by atoms with van der Waals surface area (Å²) in [6.07, 6.45) is 2.22. The fourth-order valence-corrected chi connectivity index (χ4v) is 4.00. The second kappa shape index (κ2) is 9.33. The quantitative estimate of drug-likeness (QED) is 0.822. The summed E-state index contributed by atoms with van der Waals surface area (Å²) in [5, 5.41) is 3.04. The van der Waals surface area contributed by atoms with Crippen molar-refractivity contribution in [1.29, 1.82) is 0 Å². The molecule has 0 bridgehead atoms. The number of anilines is 1. The van der Waals surface area contributed by atoms with Gasteiger partial charge in [-0.05, 0) is 37.9 Å². The normalized spacial score (nSPS) is 20.1. The highest BCUT2D eigenvalue weighted by Crippen LogP contribution is 2.28. The summed E-state index contributed by atoms with van der Waals surface area (Å²) < 4.78 is 0. The van der Waals surface area contributed by atoms with Gasteiger partial charge >= 0.3 is 0 Å². The summed E-state index contributed by atoms with van der Waals surface area (Å²) in [7, 11) is 0. The number of amides is 2. The van der Waals surface area contributed by atoms with Crippen LogP contribution >= 0.6 is 0 Å². The first-order valence-corrected chi connectivity index (χ1v) is 10.2. The van der Waals surface area contributed by atoms with Gasteiger partial charge in [0.2, 0.25) is 11.8 Å². The van der Waals surface area contributed by atoms with Gasteiger partial charge in [0.25, 0.3) is 0 Å². The largest absolute Gasteiger partial charge is 0.353 e. The molecular weight excluding hydrogens is 340 g/mol. The topological polar surface area (TPSA) is 55.9 Å². The second-order valence-corrected chi connectivity index (χ2v) is 7.49. The highest BCUT2D eigenvalue weighted by Gasteiger charge is 2.30. The van der Waals surface area contributed by atoms with E-state index in [0.717, 1.165) is 63.4 Å². The molecule has 1 fully saturated rings. The molecule has 0 aliphatic carbocycles. The van der Waals surface area contributed by atoms with Crippen LogP contribution in [0.1, 0.15) is 32.3 Å². The van der Waals surface area contributed by atoms with E-state index >= 15 is 0 Å². The summed E-state index contributed by atoms with van der Waals surface area (Å²) in [4.78, 5) is 31.9. The monoisotopic (exact) mass is 372 g/mol. The number of rotatable bonds is 6. The van der Waals surface area contributed by atoms with Crippen molar-refractivity contribution in [2.24, 2.45) is 0 Å². The van der Waals surface area contributed by atoms with E-state index in [1.54, 1.807) is 4.90 Å². The van der Waals surface area contributed by atoms with Crippen LogP contribution in [0.2, 0.25) is 0 Å². The maximum Gasteiger partial charge on any atom is 0.242 e. The summed E-state index contributed by atoms with van der Waals surface area (Å²) in [6, 6.07) is 7.45. The van der Waals surface area contributed by atoms with Crippen molar-refractivity contribution < 1.29 is 9.59 Å². The fourth-order valence-electron chi connectivity index (χ4n) is 4.00. The number of nitrogens with zero attached hydrogens (tertiary/aromatic N) is 3. The third kappa shape index (κ3) is 4.87. The SMILES string of the molecule is CCN1CCN(CCNC(=O)C(C)N2C(=O)CCCc3ccccc32)CC1. The van der Waals surface area contributed by atoms with E-state index in [2.05, 4.69) is 28.1 Å². The molecule has 6 nitrogen and oxygen atoms in total. The van der Waals surface area contributed by atoms with Gasteiger partial charge in [-0.1, -0.05) is 25.1 Å². The van der Waals surface area contributed by atoms with E-state index in [4.69, 9.17) is 0 Å². The number of nitrogens with one attached hydrogen (secondary N) is 1. The highest BCUT2D eigenvalue weighted by atomic mass is 16.2. The predicted octanol–water partition coefficient (Wildman–Crippen LogP) is 1.50. The third-order valence-electron chi connectivity index (χ3n) is 5.76. The van der Waals surface area contributed by atoms with Gasteiger partial charge in [-0.2, -0.15) is 0 Å². The lowest BCUT2D eigenvalue weighted by Crippen LogP contribution is -2.51. The lowest BCUT2D eigenvalue weighted by atomic mass is 10.1. The molecule has 0 spiro atoms. The van der Waals surface area contributed by atoms with Gasteiger partial charge in [0.15, 0.2) is 0 Å². The molecule has 1 saturated heterocycles. The lowest BCUT2D eigenvalue weighted by molar-refractivity contribution is -0.126. The molecule has 1 unspecified atom stereocenters. The van der Waals surface area contributed by atoms with Gasteiger partial charge in [-0.25, -0.2) is 0 Å². The van der Waals surface area contributed by atoms with Gasteiger partial charge in [-0.15, -0.1) is 0 Å². The van der Waals surface area contributed by atoms with Gasteiger partial charge in [0, 0.05) is 51.4 Å². The average Bonchev–Trinajstić information content (AvgIpc) is 2.86. The predicted molar refractivity (Wildman–Crippen MR) is 108 cm³/mol. The summed E-state index contributed by atoms with van der Waals surface area (Å²) in [5.74, 6) is -0.0365. The van der Waals surface area contributed by atoms with Crippen LogP contribution in [0, 0.1) is 0 Å². The van der Waals surface area contributed by atoms with Crippen LogP contribution < -0.4 is 10.2 Å². The van der Waals surface area contributed by atoms with Crippen LogP contribution in [0.15, 0.2) is 24.3 Å². The molecule has 2 heterocycles. The number of aryl methyl sites for hydroxylation is 1. The molecule has 2 aliphatic heterocycles. The molecule has 2 aliphatic rings. The molecule has 148 valence electrons. The van der Waals surface area contributed by atoms with E-state index in [1.807, 2.05) is 25.1 Å². The number of carbonyl (C=O) groups excluding carboxylic acids is 2. The number of benzene rings is 1. The Labute approximate surface area is 162 Å². The number of hydrogen-bond donors (Lipinski definition) is 1. The molecule has 1 aromatic carbocycles. The van der Waals surface area contributed by atoms with Crippen molar-refractivity contribution in [3.63, 3.8) is 0 Å². The van der Waals surface area contributed by atoms with Crippen LogP contribution in [0.4, 0.5) is 5.69 Å². The Morgan fingerprint density at radius 2 is 1.81 bits per heavy atom. The van der Waals surface area contributed by atoms with Gasteiger partial charge < -0.3 is 10.2 Å². The zero-order chi connectivity index (χ0) is 19.2. The second-order valence-electron chi connectivity index (χ2n) is 7.49. The van der Waals surface area contributed by atoms with Crippen molar-refractivity contribution in [3.8, 4) is 0 Å². The molecule has 0 radical (unpaired) electrons. The van der Waals surface area contributed by atoms with E-state index in [9.17, 15) is 9.59 Å². The smallest absolute Gasteiger partial charge is 0.242 e. The Balaban J connectivity index is 1.54. The minimum Gasteiger partial charge on any atom is -0.353 e. The van der Waals surface area contributed by atoms with Gasteiger partial charge in [-0.3, -0.25) is 19.4 Å². The number of hydrogen-bond acceptors (Lipinski definition) is 4. The number of para-hydroxylation sites is 1. The Bertz CT molecular complexity index is 655. The molecule has 6 heteroatoms. The first kappa shape index (κ1) is 19.8. The number of carbonyl (C=O) groups is 2. The summed E-state index contributed by atoms with van der Waals surface area (Å²) >= 11 is 0. The molecule has 1 N–H and O–H groups in total. The molecule has 3 rings (SSSR count). The minimum absolute atomic E-state index is 0.0401. The summed E-state index contributed by atoms with van der Waals surface area (Å²) in [5.41, 5.74) is 2.04. The van der Waals surface area contributed by atoms with E-state index in [-0.39, 0.29) is 11.8 Å². The van der Waals surface area contributed by atoms with E-state index in [1.165, 1.54) is 0 Å². The van der Waals surface area contributed by atoms with Gasteiger partial charge in [0.05, 0.1) is 0 Å². The van der Waals surface area contributed by atoms with Crippen LogP contribution in [0.3, 0.4) is 0 Å². The highest BCUT2D eigenvalue weighted by molar-refractivity contribution is 6.01. The fraction of sp³-hybridized carbons (Fsp3) is 0.619. The number of piperazine rings is 1. The maximum absolute atomic E-state index is 12.7. The van der Waals surface area contributed by atoms with Crippen molar-refractivity contribution in [3.05, 3.63) is 29.8 Å². The molecule has 27 heavy (non-hydrogen) atoms. The van der Waals surface area contributed by atoms with Crippen LogP contribution in [-0.4, -0.2) is 73.5 Å². The first-order chi connectivity index (χ1) is 13.1. The van der Waals surface area contributed by atoms with Crippen molar-refractivity contribution in [1.82, 2.24) is 15.1 Å². The van der Waals surface area contributed by atoms with Gasteiger partial charge in [0.1, 0.15) is 6.04 Å². The zero-order valence-electron chi connectivity index (χ0n) is 16.6. The zero-order valence-corrected chi connectivity index (χ0v) is 16.6. The van der Waals surface area contributed by atoms with E-state index in [0.29, 0.717) is 13.0 Å². The van der Waals surface area contributed by atoms with Crippen LogP contribution in [-0.2, 0) is 16.0 Å².